The van der Waals surface area contributed by atoms with Gasteiger partial charge in [0.25, 0.3) is 5.56 Å². The van der Waals surface area contributed by atoms with E-state index in [9.17, 15) is 14.9 Å². The molecule has 0 bridgehead atoms. The van der Waals surface area contributed by atoms with Gasteiger partial charge in [-0.2, -0.15) is 5.26 Å². The zero-order valence-electron chi connectivity index (χ0n) is 18.0. The maximum atomic E-state index is 13.0. The van der Waals surface area contributed by atoms with Gasteiger partial charge in [0.05, 0.1) is 11.1 Å². The van der Waals surface area contributed by atoms with Crippen LogP contribution in [0.5, 0.6) is 0 Å². The summed E-state index contributed by atoms with van der Waals surface area (Å²) in [5.74, 6) is 1.00. The number of pyridine rings is 1. The fourth-order valence-corrected chi connectivity index (χ4v) is 4.42. The molecule has 0 spiro atoms. The van der Waals surface area contributed by atoms with E-state index >= 15 is 0 Å². The van der Waals surface area contributed by atoms with Gasteiger partial charge in [0, 0.05) is 37.7 Å². The van der Waals surface area contributed by atoms with Crippen LogP contribution < -0.4 is 11.2 Å². The van der Waals surface area contributed by atoms with Gasteiger partial charge < -0.3 is 4.40 Å². The Balaban J connectivity index is 1.90. The van der Waals surface area contributed by atoms with Crippen LogP contribution in [0.3, 0.4) is 0 Å². The first kappa shape index (κ1) is 20.9. The van der Waals surface area contributed by atoms with Crippen LogP contribution in [0.25, 0.3) is 16.6 Å². The number of aromatic nitrogens is 5. The van der Waals surface area contributed by atoms with Crippen LogP contribution in [0.4, 0.5) is 0 Å². The molecule has 4 rings (SSSR count). The summed E-state index contributed by atoms with van der Waals surface area (Å²) in [4.78, 5) is 34.7. The Kier molecular flexibility index (Phi) is 4.98. The predicted octanol–water partition coefficient (Wildman–Crippen LogP) is 2.74. The van der Waals surface area contributed by atoms with E-state index in [-0.39, 0.29) is 5.41 Å². The molecule has 0 saturated heterocycles. The Morgan fingerprint density at radius 3 is 2.55 bits per heavy atom. The third-order valence-electron chi connectivity index (χ3n) is 5.18. The number of rotatable bonds is 3. The van der Waals surface area contributed by atoms with Gasteiger partial charge in [-0.25, -0.2) is 14.8 Å². The van der Waals surface area contributed by atoms with Crippen LogP contribution in [-0.2, 0) is 25.3 Å². The largest absolute Gasteiger partial charge is 0.332 e. The first-order chi connectivity index (χ1) is 14.6. The van der Waals surface area contributed by atoms with Crippen molar-refractivity contribution >= 4 is 28.3 Å². The number of nitrogens with zero attached hydrogens (tertiary/aromatic N) is 6. The van der Waals surface area contributed by atoms with E-state index in [4.69, 9.17) is 4.98 Å². The third-order valence-corrected chi connectivity index (χ3v) is 6.20. The molecular formula is C22H22N6O2S. The van der Waals surface area contributed by atoms with Gasteiger partial charge in [0.15, 0.2) is 5.65 Å². The molecule has 8 nitrogen and oxygen atoms in total. The minimum atomic E-state index is -0.433. The maximum absolute atomic E-state index is 13.0. The molecule has 0 N–H and O–H groups in total. The van der Waals surface area contributed by atoms with E-state index in [1.165, 1.54) is 23.4 Å². The summed E-state index contributed by atoms with van der Waals surface area (Å²) < 4.78 is 4.36. The van der Waals surface area contributed by atoms with Gasteiger partial charge in [-0.3, -0.25) is 13.9 Å². The van der Waals surface area contributed by atoms with Gasteiger partial charge in [0.1, 0.15) is 22.3 Å². The average molecular weight is 435 g/mol. The molecule has 0 radical (unpaired) electrons. The molecule has 4 aromatic rings. The minimum Gasteiger partial charge on any atom is -0.322 e. The molecule has 0 aliphatic carbocycles. The van der Waals surface area contributed by atoms with E-state index in [1.54, 1.807) is 7.05 Å². The molecule has 0 aliphatic heterocycles. The highest BCUT2D eigenvalue weighted by Crippen LogP contribution is 2.31. The highest BCUT2D eigenvalue weighted by molar-refractivity contribution is 7.98. The highest BCUT2D eigenvalue weighted by Gasteiger charge is 2.24. The Morgan fingerprint density at radius 2 is 1.87 bits per heavy atom. The number of thioether (sulfide) groups is 1. The molecule has 9 heteroatoms. The number of nitriles is 1. The summed E-state index contributed by atoms with van der Waals surface area (Å²) in [6.45, 7) is 5.95. The molecule has 0 atom stereocenters. The molecule has 0 fully saturated rings. The van der Waals surface area contributed by atoms with Crippen molar-refractivity contribution in [1.82, 2.24) is 23.5 Å². The van der Waals surface area contributed by atoms with Crippen LogP contribution in [0, 0.1) is 11.3 Å². The lowest BCUT2D eigenvalue weighted by atomic mass is 9.96. The summed E-state index contributed by atoms with van der Waals surface area (Å²) in [6, 6.07) is 7.98. The fraction of sp³-hybridized carbons (Fsp3) is 0.318. The number of hydrogen-bond acceptors (Lipinski definition) is 6. The summed E-state index contributed by atoms with van der Waals surface area (Å²) in [5, 5.41) is 10.5. The van der Waals surface area contributed by atoms with Crippen molar-refractivity contribution in [2.45, 2.75) is 37.0 Å². The fourth-order valence-electron chi connectivity index (χ4n) is 3.43. The summed E-state index contributed by atoms with van der Waals surface area (Å²) in [5.41, 5.74) is 1.37. The van der Waals surface area contributed by atoms with E-state index in [1.807, 2.05) is 55.8 Å². The van der Waals surface area contributed by atoms with Gasteiger partial charge in [-0.1, -0.05) is 26.8 Å². The number of aryl methyl sites for hydroxylation is 1. The van der Waals surface area contributed by atoms with Crippen molar-refractivity contribution in [3.05, 3.63) is 68.4 Å². The lowest BCUT2D eigenvalue weighted by Crippen LogP contribution is -2.38. The Morgan fingerprint density at radius 1 is 1.13 bits per heavy atom. The van der Waals surface area contributed by atoms with E-state index in [2.05, 4.69) is 11.1 Å². The van der Waals surface area contributed by atoms with Crippen molar-refractivity contribution < 1.29 is 0 Å². The molecule has 0 amide bonds. The van der Waals surface area contributed by atoms with Crippen molar-refractivity contribution in [3.63, 3.8) is 0 Å². The molecule has 31 heavy (non-hydrogen) atoms. The molecule has 0 unspecified atom stereocenters. The zero-order valence-corrected chi connectivity index (χ0v) is 18.8. The quantitative estimate of drug-likeness (QED) is 0.363. The Hall–Kier alpha value is -3.38. The van der Waals surface area contributed by atoms with Gasteiger partial charge in [-0.05, 0) is 17.7 Å². The van der Waals surface area contributed by atoms with Crippen LogP contribution in [0.15, 0.2) is 45.2 Å². The normalized spacial score (nSPS) is 11.9. The molecule has 4 heterocycles. The summed E-state index contributed by atoms with van der Waals surface area (Å²) in [6.07, 6.45) is 3.82. The summed E-state index contributed by atoms with van der Waals surface area (Å²) in [7, 11) is 3.05. The van der Waals surface area contributed by atoms with E-state index in [0.717, 1.165) is 15.6 Å². The number of hydrogen-bond donors (Lipinski definition) is 0. The second kappa shape index (κ2) is 7.39. The van der Waals surface area contributed by atoms with E-state index < -0.39 is 11.2 Å². The molecule has 0 aliphatic rings. The molecule has 0 aromatic carbocycles. The molecule has 4 aromatic heterocycles. The topological polar surface area (TPSA) is 98.0 Å². The van der Waals surface area contributed by atoms with Gasteiger partial charge in [0.2, 0.25) is 0 Å². The number of fused-ring (bicyclic) bond motifs is 2. The minimum absolute atomic E-state index is 0.310. The lowest BCUT2D eigenvalue weighted by Gasteiger charge is -2.19. The summed E-state index contributed by atoms with van der Waals surface area (Å²) >= 11 is 1.37. The van der Waals surface area contributed by atoms with E-state index in [0.29, 0.717) is 33.2 Å². The first-order valence-electron chi connectivity index (χ1n) is 9.73. The van der Waals surface area contributed by atoms with Crippen LogP contribution in [-0.4, -0.2) is 23.5 Å². The smallest absolute Gasteiger partial charge is 0.322 e. The van der Waals surface area contributed by atoms with Crippen molar-refractivity contribution in [2.75, 3.05) is 0 Å². The monoisotopic (exact) mass is 434 g/mol. The van der Waals surface area contributed by atoms with Crippen molar-refractivity contribution in [2.24, 2.45) is 14.1 Å². The van der Waals surface area contributed by atoms with Gasteiger partial charge in [-0.15, -0.1) is 11.8 Å². The third kappa shape index (κ3) is 3.43. The maximum Gasteiger partial charge on any atom is 0.332 e. The lowest BCUT2D eigenvalue weighted by molar-refractivity contribution is 0.539. The standard InChI is InChI=1S/C22H22N6O2S/c1-22(2,3)20-24-17-16(19(29)27(5)21(30)26(17)4)18(25-20)31-12-13-11-28-9-7-6-8-15(28)14(13)10-23/h6-9,11H,12H2,1-5H3. The molecular weight excluding hydrogens is 412 g/mol. The highest BCUT2D eigenvalue weighted by atomic mass is 32.2. The first-order valence-corrected chi connectivity index (χ1v) is 10.7. The van der Waals surface area contributed by atoms with Crippen LogP contribution in [0.1, 0.15) is 37.7 Å². The molecule has 0 saturated carbocycles. The Labute approximate surface area is 182 Å². The van der Waals surface area contributed by atoms with Crippen LogP contribution in [0.2, 0.25) is 0 Å². The van der Waals surface area contributed by atoms with Crippen molar-refractivity contribution in [3.8, 4) is 6.07 Å². The predicted molar refractivity (Wildman–Crippen MR) is 120 cm³/mol. The second-order valence-electron chi connectivity index (χ2n) is 8.43. The van der Waals surface area contributed by atoms with Gasteiger partial charge >= 0.3 is 5.69 Å². The average Bonchev–Trinajstić information content (AvgIpc) is 3.10. The SMILES string of the molecule is Cn1c(=O)c2c(SCc3cn4ccccc4c3C#N)nc(C(C)(C)C)nc2n(C)c1=O. The van der Waals surface area contributed by atoms with Crippen molar-refractivity contribution in [1.29, 1.82) is 5.26 Å². The Bertz CT molecular complexity index is 1500. The molecule has 158 valence electrons. The van der Waals surface area contributed by atoms with Crippen LogP contribution >= 0.6 is 11.8 Å². The zero-order chi connectivity index (χ0) is 22.5. The second-order valence-corrected chi connectivity index (χ2v) is 9.39.